The molecule has 0 aliphatic heterocycles. The highest BCUT2D eigenvalue weighted by Crippen LogP contribution is 2.21. The maximum atomic E-state index is 12.1. The lowest BCUT2D eigenvalue weighted by atomic mass is 10.0. The zero-order chi connectivity index (χ0) is 13.5. The Morgan fingerprint density at radius 3 is 2.72 bits per heavy atom. The third-order valence-corrected chi connectivity index (χ3v) is 2.56. The monoisotopic (exact) mass is 278 g/mol. The number of rotatable bonds is 6. The van der Waals surface area contributed by atoms with Crippen LogP contribution in [-0.4, -0.2) is 25.6 Å². The van der Waals surface area contributed by atoms with Gasteiger partial charge in [0, 0.05) is 5.88 Å². The maximum Gasteiger partial charge on any atom is 0.387 e. The van der Waals surface area contributed by atoms with E-state index in [0.717, 1.165) is 0 Å². The molecule has 0 N–H and O–H groups in total. The van der Waals surface area contributed by atoms with E-state index in [1.54, 1.807) is 6.07 Å². The minimum absolute atomic E-state index is 0.0694. The summed E-state index contributed by atoms with van der Waals surface area (Å²) in [6, 6.07) is 4.21. The van der Waals surface area contributed by atoms with Crippen molar-refractivity contribution in [3.63, 3.8) is 0 Å². The Balaban J connectivity index is 3.00. The predicted octanol–water partition coefficient (Wildman–Crippen LogP) is 3.25. The first-order chi connectivity index (χ1) is 8.58. The lowest BCUT2D eigenvalue weighted by Gasteiger charge is -2.10. The molecule has 0 atom stereocenters. The van der Waals surface area contributed by atoms with E-state index in [4.69, 9.17) is 11.6 Å². The molecule has 0 aromatic heterocycles. The van der Waals surface area contributed by atoms with Crippen molar-refractivity contribution in [2.75, 3.05) is 13.0 Å². The lowest BCUT2D eigenvalue weighted by Crippen LogP contribution is -2.08. The van der Waals surface area contributed by atoms with E-state index in [-0.39, 0.29) is 11.3 Å². The van der Waals surface area contributed by atoms with Gasteiger partial charge in [-0.15, -0.1) is 11.6 Å². The van der Waals surface area contributed by atoms with E-state index in [9.17, 15) is 13.6 Å². The van der Waals surface area contributed by atoms with Crippen molar-refractivity contribution in [3.8, 4) is 5.75 Å². The van der Waals surface area contributed by atoms with Gasteiger partial charge in [-0.1, -0.05) is 6.07 Å². The van der Waals surface area contributed by atoms with Crippen LogP contribution in [0.4, 0.5) is 8.78 Å². The first-order valence-electron chi connectivity index (χ1n) is 5.30. The number of hydrogen-bond acceptors (Lipinski definition) is 3. The fourth-order valence-electron chi connectivity index (χ4n) is 1.51. The van der Waals surface area contributed by atoms with Gasteiger partial charge >= 0.3 is 12.6 Å². The van der Waals surface area contributed by atoms with E-state index in [2.05, 4.69) is 9.47 Å². The molecule has 6 heteroatoms. The first kappa shape index (κ1) is 14.7. The van der Waals surface area contributed by atoms with Crippen molar-refractivity contribution in [3.05, 3.63) is 29.3 Å². The summed E-state index contributed by atoms with van der Waals surface area (Å²) in [4.78, 5) is 11.5. The maximum absolute atomic E-state index is 12.1. The largest absolute Gasteiger partial charge is 0.465 e. The zero-order valence-electron chi connectivity index (χ0n) is 9.79. The normalized spacial score (nSPS) is 10.5. The van der Waals surface area contributed by atoms with Gasteiger partial charge in [-0.3, -0.25) is 0 Å². The molecule has 0 saturated heterocycles. The average Bonchev–Trinajstić information content (AvgIpc) is 2.35. The van der Waals surface area contributed by atoms with Gasteiger partial charge in [-0.2, -0.15) is 8.78 Å². The summed E-state index contributed by atoms with van der Waals surface area (Å²) in [6.07, 6.45) is 1.25. The Labute approximate surface area is 109 Å². The Morgan fingerprint density at radius 1 is 1.44 bits per heavy atom. The molecule has 1 rings (SSSR count). The van der Waals surface area contributed by atoms with Crippen molar-refractivity contribution in [1.82, 2.24) is 0 Å². The van der Waals surface area contributed by atoms with Crippen LogP contribution in [0.15, 0.2) is 18.2 Å². The number of aryl methyl sites for hydroxylation is 1. The molecule has 0 saturated carbocycles. The Bertz CT molecular complexity index is 410. The molecule has 3 nitrogen and oxygen atoms in total. The zero-order valence-corrected chi connectivity index (χ0v) is 10.5. The van der Waals surface area contributed by atoms with Crippen LogP contribution in [0.25, 0.3) is 0 Å². The second-order valence-corrected chi connectivity index (χ2v) is 3.86. The van der Waals surface area contributed by atoms with Gasteiger partial charge in [0.05, 0.1) is 12.7 Å². The molecule has 0 aliphatic rings. The van der Waals surface area contributed by atoms with Crippen LogP contribution in [0.5, 0.6) is 5.75 Å². The standard InChI is InChI=1S/C12H13ClF2O3/c1-17-11(16)10-7-9(18-12(14)15)5-4-8(10)3-2-6-13/h4-5,7,12H,2-3,6H2,1H3. The van der Waals surface area contributed by atoms with E-state index < -0.39 is 12.6 Å². The van der Waals surface area contributed by atoms with Crippen molar-refractivity contribution < 1.29 is 23.0 Å². The highest BCUT2D eigenvalue weighted by Gasteiger charge is 2.14. The fraction of sp³-hybridized carbons (Fsp3) is 0.417. The van der Waals surface area contributed by atoms with Crippen LogP contribution >= 0.6 is 11.6 Å². The van der Waals surface area contributed by atoms with Crippen LogP contribution in [0.2, 0.25) is 0 Å². The van der Waals surface area contributed by atoms with Crippen molar-refractivity contribution >= 4 is 17.6 Å². The predicted molar refractivity (Wildman–Crippen MR) is 63.5 cm³/mol. The Hall–Kier alpha value is -1.36. The molecule has 1 aromatic carbocycles. The second-order valence-electron chi connectivity index (χ2n) is 3.48. The summed E-state index contributed by atoms with van der Waals surface area (Å²) in [7, 11) is 1.23. The quantitative estimate of drug-likeness (QED) is 0.592. The third-order valence-electron chi connectivity index (χ3n) is 2.29. The molecule has 0 spiro atoms. The molecule has 18 heavy (non-hydrogen) atoms. The number of halogens is 3. The smallest absolute Gasteiger partial charge is 0.387 e. The fourth-order valence-corrected chi connectivity index (χ4v) is 1.64. The number of ether oxygens (including phenoxy) is 2. The van der Waals surface area contributed by atoms with Gasteiger partial charge in [0.15, 0.2) is 0 Å². The minimum atomic E-state index is -2.93. The van der Waals surface area contributed by atoms with Crippen LogP contribution in [0.3, 0.4) is 0 Å². The summed E-state index contributed by atoms with van der Waals surface area (Å²) in [6.45, 7) is -2.93. The average molecular weight is 279 g/mol. The van der Waals surface area contributed by atoms with Crippen LogP contribution < -0.4 is 4.74 Å². The molecule has 100 valence electrons. The molecular weight excluding hydrogens is 266 g/mol. The number of benzene rings is 1. The molecule has 1 aromatic rings. The van der Waals surface area contributed by atoms with E-state index in [0.29, 0.717) is 24.3 Å². The Kier molecular flexibility index (Phi) is 5.85. The first-order valence-corrected chi connectivity index (χ1v) is 5.84. The summed E-state index contributed by atoms with van der Waals surface area (Å²) in [5, 5.41) is 0. The summed E-state index contributed by atoms with van der Waals surface area (Å²) >= 11 is 5.58. The summed E-state index contributed by atoms with van der Waals surface area (Å²) in [5.41, 5.74) is 0.921. The van der Waals surface area contributed by atoms with E-state index >= 15 is 0 Å². The number of methoxy groups -OCH3 is 1. The van der Waals surface area contributed by atoms with E-state index in [1.807, 2.05) is 0 Å². The van der Waals surface area contributed by atoms with E-state index in [1.165, 1.54) is 19.2 Å². The molecule has 0 fully saturated rings. The Morgan fingerprint density at radius 2 is 2.17 bits per heavy atom. The summed E-state index contributed by atoms with van der Waals surface area (Å²) < 4.78 is 33.0. The number of alkyl halides is 3. The lowest BCUT2D eigenvalue weighted by molar-refractivity contribution is -0.0499. The van der Waals surface area contributed by atoms with Crippen molar-refractivity contribution in [1.29, 1.82) is 0 Å². The van der Waals surface area contributed by atoms with Crippen molar-refractivity contribution in [2.45, 2.75) is 19.5 Å². The third kappa shape index (κ3) is 4.14. The molecule has 0 heterocycles. The van der Waals surface area contributed by atoms with Gasteiger partial charge in [-0.25, -0.2) is 4.79 Å². The van der Waals surface area contributed by atoms with Gasteiger partial charge < -0.3 is 9.47 Å². The number of carbonyl (C=O) groups excluding carboxylic acids is 1. The molecule has 0 amide bonds. The molecular formula is C12H13ClF2O3. The number of hydrogen-bond donors (Lipinski definition) is 0. The van der Waals surface area contributed by atoms with Gasteiger partial charge in [0.25, 0.3) is 0 Å². The van der Waals surface area contributed by atoms with Crippen molar-refractivity contribution in [2.24, 2.45) is 0 Å². The molecule has 0 radical (unpaired) electrons. The number of carbonyl (C=O) groups is 1. The second kappa shape index (κ2) is 7.16. The van der Waals surface area contributed by atoms with Gasteiger partial charge in [-0.05, 0) is 30.5 Å². The highest BCUT2D eigenvalue weighted by molar-refractivity contribution is 6.17. The van der Waals surface area contributed by atoms with Gasteiger partial charge in [0.2, 0.25) is 0 Å². The molecule has 0 bridgehead atoms. The van der Waals surface area contributed by atoms with Gasteiger partial charge in [0.1, 0.15) is 5.75 Å². The SMILES string of the molecule is COC(=O)c1cc(OC(F)F)ccc1CCCCl. The van der Waals surface area contributed by atoms with Crippen LogP contribution in [0, 0.1) is 0 Å². The topological polar surface area (TPSA) is 35.5 Å². The van der Waals surface area contributed by atoms with Crippen LogP contribution in [0.1, 0.15) is 22.3 Å². The van der Waals surface area contributed by atoms with Crippen LogP contribution in [-0.2, 0) is 11.2 Å². The molecule has 0 unspecified atom stereocenters. The number of esters is 1. The molecule has 0 aliphatic carbocycles. The minimum Gasteiger partial charge on any atom is -0.465 e. The summed E-state index contributed by atoms with van der Waals surface area (Å²) in [5.74, 6) is -0.199. The highest BCUT2D eigenvalue weighted by atomic mass is 35.5.